The molecule has 2 aromatic rings. The van der Waals surface area contributed by atoms with Gasteiger partial charge in [0.1, 0.15) is 0 Å². The number of aryl methyl sites for hydroxylation is 1. The topological polar surface area (TPSA) is 96.2 Å². The van der Waals surface area contributed by atoms with Crippen molar-refractivity contribution in [1.82, 2.24) is 24.6 Å². The lowest BCUT2D eigenvalue weighted by Gasteiger charge is -2.25. The molecule has 0 aromatic carbocycles. The summed E-state index contributed by atoms with van der Waals surface area (Å²) >= 11 is 0. The number of hydrogen-bond acceptors (Lipinski definition) is 5. The first-order valence-electron chi connectivity index (χ1n) is 6.21. The number of anilines is 2. The molecule has 0 unspecified atom stereocenters. The van der Waals surface area contributed by atoms with E-state index in [0.717, 1.165) is 11.3 Å². The van der Waals surface area contributed by atoms with Crippen LogP contribution in [-0.2, 0) is 20.0 Å². The van der Waals surface area contributed by atoms with Crippen LogP contribution in [0.25, 0.3) is 0 Å². The molecule has 0 saturated carbocycles. The lowest BCUT2D eigenvalue weighted by atomic mass is 10.1. The Hall–Kier alpha value is -2.64. The molecule has 3 rings (SSSR count). The van der Waals surface area contributed by atoms with Gasteiger partial charge in [-0.25, -0.2) is 14.8 Å². The fraction of sp³-hybridized carbons (Fsp3) is 0.333. The van der Waals surface area contributed by atoms with Crippen molar-refractivity contribution in [3.8, 4) is 0 Å². The summed E-state index contributed by atoms with van der Waals surface area (Å²) < 4.78 is 1.67. The van der Waals surface area contributed by atoms with Crippen molar-refractivity contribution in [2.24, 2.45) is 7.05 Å². The van der Waals surface area contributed by atoms with Crippen molar-refractivity contribution in [2.45, 2.75) is 13.0 Å². The standard InChI is InChI=1S/C12H14N6O2/c1-17-4-3-10(16-17)15-11-13-6-8-2-5-18(12(19)20)7-9(8)14-11/h3-4,6H,2,5,7H2,1H3,(H,19,20)(H,13,14,15,16). The third-order valence-corrected chi connectivity index (χ3v) is 3.17. The predicted octanol–water partition coefficient (Wildman–Crippen LogP) is 0.990. The molecule has 0 aliphatic carbocycles. The van der Waals surface area contributed by atoms with E-state index in [0.29, 0.717) is 31.3 Å². The summed E-state index contributed by atoms with van der Waals surface area (Å²) in [4.78, 5) is 20.9. The smallest absolute Gasteiger partial charge is 0.407 e. The van der Waals surface area contributed by atoms with Gasteiger partial charge in [-0.3, -0.25) is 4.68 Å². The van der Waals surface area contributed by atoms with Gasteiger partial charge < -0.3 is 15.3 Å². The highest BCUT2D eigenvalue weighted by molar-refractivity contribution is 5.65. The second kappa shape index (κ2) is 4.80. The zero-order valence-corrected chi connectivity index (χ0v) is 10.9. The maximum absolute atomic E-state index is 11.0. The largest absolute Gasteiger partial charge is 0.465 e. The molecule has 8 nitrogen and oxygen atoms in total. The SMILES string of the molecule is Cn1ccc(Nc2ncc3c(n2)CN(C(=O)O)CC3)n1. The molecular weight excluding hydrogens is 260 g/mol. The van der Waals surface area contributed by atoms with Crippen LogP contribution < -0.4 is 5.32 Å². The number of amides is 1. The number of nitrogens with one attached hydrogen (secondary N) is 1. The Kier molecular flexibility index (Phi) is 2.97. The van der Waals surface area contributed by atoms with Gasteiger partial charge >= 0.3 is 6.09 Å². The first-order valence-corrected chi connectivity index (χ1v) is 6.21. The Labute approximate surface area is 115 Å². The number of aromatic nitrogens is 4. The first-order chi connectivity index (χ1) is 9.61. The third kappa shape index (κ3) is 2.40. The monoisotopic (exact) mass is 274 g/mol. The minimum Gasteiger partial charge on any atom is -0.465 e. The summed E-state index contributed by atoms with van der Waals surface area (Å²) in [5.41, 5.74) is 1.74. The normalized spacial score (nSPS) is 13.9. The van der Waals surface area contributed by atoms with Crippen LogP contribution in [0.5, 0.6) is 0 Å². The van der Waals surface area contributed by atoms with Gasteiger partial charge in [-0.2, -0.15) is 5.10 Å². The molecule has 0 bridgehead atoms. The molecule has 2 aromatic heterocycles. The van der Waals surface area contributed by atoms with Crippen molar-refractivity contribution in [3.05, 3.63) is 29.7 Å². The van der Waals surface area contributed by atoms with Crippen LogP contribution in [0.4, 0.5) is 16.6 Å². The summed E-state index contributed by atoms with van der Waals surface area (Å²) in [5.74, 6) is 1.08. The van der Waals surface area contributed by atoms with E-state index in [1.807, 2.05) is 19.3 Å². The van der Waals surface area contributed by atoms with E-state index in [-0.39, 0.29) is 0 Å². The van der Waals surface area contributed by atoms with E-state index < -0.39 is 6.09 Å². The third-order valence-electron chi connectivity index (χ3n) is 3.17. The maximum atomic E-state index is 11.0. The molecule has 2 N–H and O–H groups in total. The van der Waals surface area contributed by atoms with Crippen LogP contribution in [0, 0.1) is 0 Å². The molecule has 0 radical (unpaired) electrons. The number of hydrogen-bond donors (Lipinski definition) is 2. The number of fused-ring (bicyclic) bond motifs is 1. The Bertz CT molecular complexity index is 653. The number of nitrogens with zero attached hydrogens (tertiary/aromatic N) is 5. The predicted molar refractivity (Wildman–Crippen MR) is 70.7 cm³/mol. The highest BCUT2D eigenvalue weighted by Gasteiger charge is 2.21. The summed E-state index contributed by atoms with van der Waals surface area (Å²) in [6.07, 6.45) is 3.28. The Morgan fingerprint density at radius 1 is 1.50 bits per heavy atom. The van der Waals surface area contributed by atoms with Crippen molar-refractivity contribution < 1.29 is 9.90 Å². The van der Waals surface area contributed by atoms with E-state index in [2.05, 4.69) is 20.4 Å². The Balaban J connectivity index is 1.81. The van der Waals surface area contributed by atoms with Gasteiger partial charge in [-0.05, 0) is 12.0 Å². The van der Waals surface area contributed by atoms with Gasteiger partial charge in [-0.1, -0.05) is 0 Å². The van der Waals surface area contributed by atoms with Crippen LogP contribution in [0.3, 0.4) is 0 Å². The lowest BCUT2D eigenvalue weighted by molar-refractivity contribution is 0.139. The Morgan fingerprint density at radius 3 is 3.05 bits per heavy atom. The minimum atomic E-state index is -0.923. The molecule has 104 valence electrons. The molecule has 1 aliphatic rings. The van der Waals surface area contributed by atoms with Crippen LogP contribution in [-0.4, -0.2) is 42.4 Å². The van der Waals surface area contributed by atoms with Gasteiger partial charge in [0.05, 0.1) is 12.2 Å². The summed E-state index contributed by atoms with van der Waals surface area (Å²) in [7, 11) is 1.82. The minimum absolute atomic E-state index is 0.296. The molecular formula is C12H14N6O2. The van der Waals surface area contributed by atoms with E-state index in [9.17, 15) is 4.79 Å². The van der Waals surface area contributed by atoms with Crippen molar-refractivity contribution in [3.63, 3.8) is 0 Å². The van der Waals surface area contributed by atoms with Gasteiger partial charge in [0.25, 0.3) is 0 Å². The summed E-state index contributed by atoms with van der Waals surface area (Å²) in [6, 6.07) is 1.81. The van der Waals surface area contributed by atoms with Gasteiger partial charge in [0.15, 0.2) is 5.82 Å². The second-order valence-corrected chi connectivity index (χ2v) is 4.62. The number of rotatable bonds is 2. The average Bonchev–Trinajstić information content (AvgIpc) is 2.83. The molecule has 1 aliphatic heterocycles. The van der Waals surface area contributed by atoms with Crippen molar-refractivity contribution in [2.75, 3.05) is 11.9 Å². The zero-order chi connectivity index (χ0) is 14.1. The number of carboxylic acid groups (broad SMARTS) is 1. The van der Waals surface area contributed by atoms with Crippen LogP contribution in [0.1, 0.15) is 11.3 Å². The quantitative estimate of drug-likeness (QED) is 0.847. The Morgan fingerprint density at radius 2 is 2.35 bits per heavy atom. The van der Waals surface area contributed by atoms with Crippen LogP contribution in [0.15, 0.2) is 18.5 Å². The average molecular weight is 274 g/mol. The fourth-order valence-corrected chi connectivity index (χ4v) is 2.12. The van der Waals surface area contributed by atoms with Crippen LogP contribution in [0.2, 0.25) is 0 Å². The number of carbonyl (C=O) groups is 1. The highest BCUT2D eigenvalue weighted by atomic mass is 16.4. The zero-order valence-electron chi connectivity index (χ0n) is 10.9. The molecule has 3 heterocycles. The van der Waals surface area contributed by atoms with E-state index in [4.69, 9.17) is 5.11 Å². The fourth-order valence-electron chi connectivity index (χ4n) is 2.12. The molecule has 0 fully saturated rings. The molecule has 20 heavy (non-hydrogen) atoms. The first kappa shape index (κ1) is 12.4. The van der Waals surface area contributed by atoms with Gasteiger partial charge in [0, 0.05) is 32.1 Å². The van der Waals surface area contributed by atoms with E-state index in [1.165, 1.54) is 4.90 Å². The molecule has 0 saturated heterocycles. The van der Waals surface area contributed by atoms with Crippen molar-refractivity contribution in [1.29, 1.82) is 0 Å². The van der Waals surface area contributed by atoms with E-state index in [1.54, 1.807) is 10.9 Å². The van der Waals surface area contributed by atoms with E-state index >= 15 is 0 Å². The van der Waals surface area contributed by atoms with Crippen molar-refractivity contribution >= 4 is 17.9 Å². The van der Waals surface area contributed by atoms with Gasteiger partial charge in [-0.15, -0.1) is 0 Å². The summed E-state index contributed by atoms with van der Waals surface area (Å²) in [6.45, 7) is 0.781. The molecule has 1 amide bonds. The van der Waals surface area contributed by atoms with Gasteiger partial charge in [0.2, 0.25) is 5.95 Å². The highest BCUT2D eigenvalue weighted by Crippen LogP contribution is 2.19. The van der Waals surface area contributed by atoms with Crippen LogP contribution >= 0.6 is 0 Å². The molecule has 0 spiro atoms. The molecule has 0 atom stereocenters. The molecule has 8 heteroatoms. The maximum Gasteiger partial charge on any atom is 0.407 e. The summed E-state index contributed by atoms with van der Waals surface area (Å²) in [5, 5.41) is 16.2. The lowest BCUT2D eigenvalue weighted by Crippen LogP contribution is -2.35. The second-order valence-electron chi connectivity index (χ2n) is 4.62.